The zero-order valence-electron chi connectivity index (χ0n) is 12.6. The summed E-state index contributed by atoms with van der Waals surface area (Å²) in [6.45, 7) is 5.15. The molecular weight excluding hydrogens is 329 g/mol. The lowest BCUT2D eigenvalue weighted by Crippen LogP contribution is -2.39. The average molecular weight is 348 g/mol. The van der Waals surface area contributed by atoms with E-state index in [2.05, 4.69) is 0 Å². The summed E-state index contributed by atoms with van der Waals surface area (Å²) < 4.78 is 5.34. The fourth-order valence-electron chi connectivity index (χ4n) is 1.97. The minimum absolute atomic E-state index is 0.240. The highest BCUT2D eigenvalue weighted by atomic mass is 35.5. The summed E-state index contributed by atoms with van der Waals surface area (Å²) in [5.41, 5.74) is 5.58. The highest BCUT2D eigenvalue weighted by molar-refractivity contribution is 6.35. The first kappa shape index (κ1) is 18.7. The number of ether oxygens (including phenoxy) is 1. The molecule has 0 aliphatic carbocycles. The van der Waals surface area contributed by atoms with Crippen LogP contribution in [0.4, 0.5) is 0 Å². The number of hydrogen-bond acceptors (Lipinski definition) is 4. The predicted molar refractivity (Wildman–Crippen MR) is 85.3 cm³/mol. The van der Waals surface area contributed by atoms with Crippen molar-refractivity contribution in [2.75, 3.05) is 0 Å². The second-order valence-electron chi connectivity index (χ2n) is 5.94. The van der Waals surface area contributed by atoms with E-state index in [0.29, 0.717) is 10.6 Å². The first-order chi connectivity index (χ1) is 10.0. The van der Waals surface area contributed by atoms with Gasteiger partial charge in [-0.2, -0.15) is 0 Å². The summed E-state index contributed by atoms with van der Waals surface area (Å²) in [7, 11) is 0. The lowest BCUT2D eigenvalue weighted by atomic mass is 9.89. The molecule has 1 aromatic rings. The molecule has 0 aliphatic rings. The zero-order valence-corrected chi connectivity index (χ0v) is 14.1. The summed E-state index contributed by atoms with van der Waals surface area (Å²) in [5, 5.41) is 9.57. The van der Waals surface area contributed by atoms with Gasteiger partial charge in [-0.3, -0.25) is 9.59 Å². The number of carboxylic acids is 1. The van der Waals surface area contributed by atoms with Gasteiger partial charge in [-0.15, -0.1) is 0 Å². The van der Waals surface area contributed by atoms with E-state index in [1.165, 1.54) is 6.07 Å². The molecule has 122 valence electrons. The molecule has 0 saturated carbocycles. The standard InChI is InChI=1S/C15H19Cl2NO4/c1-15(2,3)22-14(21)13(11(18)7-12(19)20)9-5-4-8(16)6-10(9)17/h4-6,11,13H,7,18H2,1-3H3,(H,19,20)/t11-,13?/m1/s1. The molecule has 3 N–H and O–H groups in total. The van der Waals surface area contributed by atoms with Crippen LogP contribution >= 0.6 is 23.2 Å². The van der Waals surface area contributed by atoms with Gasteiger partial charge in [0.25, 0.3) is 0 Å². The van der Waals surface area contributed by atoms with Gasteiger partial charge in [0, 0.05) is 16.1 Å². The van der Waals surface area contributed by atoms with Crippen molar-refractivity contribution < 1.29 is 19.4 Å². The number of rotatable bonds is 5. The zero-order chi connectivity index (χ0) is 17.1. The predicted octanol–water partition coefficient (Wildman–Crippen LogP) is 3.22. The van der Waals surface area contributed by atoms with Gasteiger partial charge in [0.2, 0.25) is 0 Å². The lowest BCUT2D eigenvalue weighted by Gasteiger charge is -2.27. The van der Waals surface area contributed by atoms with Crippen molar-refractivity contribution in [1.29, 1.82) is 0 Å². The topological polar surface area (TPSA) is 89.6 Å². The van der Waals surface area contributed by atoms with Crippen LogP contribution in [-0.4, -0.2) is 28.7 Å². The van der Waals surface area contributed by atoms with E-state index >= 15 is 0 Å². The van der Waals surface area contributed by atoms with Crippen LogP contribution in [0.15, 0.2) is 18.2 Å². The third-order valence-electron chi connectivity index (χ3n) is 2.80. The minimum atomic E-state index is -1.11. The van der Waals surface area contributed by atoms with Gasteiger partial charge >= 0.3 is 11.9 Å². The molecule has 0 amide bonds. The normalized spacial score (nSPS) is 14.3. The number of halogens is 2. The van der Waals surface area contributed by atoms with Crippen LogP contribution in [0.25, 0.3) is 0 Å². The molecule has 0 aliphatic heterocycles. The number of aliphatic carboxylic acids is 1. The SMILES string of the molecule is CC(C)(C)OC(=O)C(c1ccc(Cl)cc1Cl)[C@H](N)CC(=O)O. The van der Waals surface area contributed by atoms with E-state index in [4.69, 9.17) is 38.8 Å². The molecule has 22 heavy (non-hydrogen) atoms. The van der Waals surface area contributed by atoms with Crippen molar-refractivity contribution in [2.45, 2.75) is 44.8 Å². The van der Waals surface area contributed by atoms with Gasteiger partial charge in [-0.25, -0.2) is 0 Å². The second-order valence-corrected chi connectivity index (χ2v) is 6.78. The Morgan fingerprint density at radius 1 is 1.32 bits per heavy atom. The fraction of sp³-hybridized carbons (Fsp3) is 0.467. The van der Waals surface area contributed by atoms with Gasteiger partial charge in [-0.1, -0.05) is 29.3 Å². The molecule has 0 fully saturated rings. The molecule has 0 saturated heterocycles. The van der Waals surface area contributed by atoms with Gasteiger partial charge in [0.05, 0.1) is 12.3 Å². The summed E-state index contributed by atoms with van der Waals surface area (Å²) in [6, 6.07) is 3.63. The average Bonchev–Trinajstić information content (AvgIpc) is 2.28. The summed E-state index contributed by atoms with van der Waals surface area (Å²) in [6.07, 6.45) is -0.386. The van der Waals surface area contributed by atoms with E-state index < -0.39 is 29.5 Å². The third kappa shape index (κ3) is 5.48. The number of carbonyl (C=O) groups excluding carboxylic acids is 1. The van der Waals surface area contributed by atoms with Gasteiger partial charge in [-0.05, 0) is 38.5 Å². The monoisotopic (exact) mass is 347 g/mol. The van der Waals surface area contributed by atoms with Crippen LogP contribution in [-0.2, 0) is 14.3 Å². The number of carbonyl (C=O) groups is 2. The summed E-state index contributed by atoms with van der Waals surface area (Å²) >= 11 is 12.0. The first-order valence-electron chi connectivity index (χ1n) is 6.66. The number of esters is 1. The second kappa shape index (κ2) is 7.31. The largest absolute Gasteiger partial charge is 0.481 e. The molecule has 2 atom stereocenters. The minimum Gasteiger partial charge on any atom is -0.481 e. The molecular formula is C15H19Cl2NO4. The Balaban J connectivity index is 3.21. The van der Waals surface area contributed by atoms with Crippen LogP contribution in [0.3, 0.4) is 0 Å². The summed E-state index contributed by atoms with van der Waals surface area (Å²) in [5.74, 6) is -2.71. The van der Waals surface area contributed by atoms with Gasteiger partial charge in [0.15, 0.2) is 0 Å². The molecule has 1 rings (SSSR count). The van der Waals surface area contributed by atoms with E-state index in [0.717, 1.165) is 0 Å². The van der Waals surface area contributed by atoms with Gasteiger partial charge in [0.1, 0.15) is 5.60 Å². The van der Waals surface area contributed by atoms with Crippen molar-refractivity contribution in [3.63, 3.8) is 0 Å². The third-order valence-corrected chi connectivity index (χ3v) is 3.36. The molecule has 0 radical (unpaired) electrons. The maximum Gasteiger partial charge on any atom is 0.315 e. The van der Waals surface area contributed by atoms with Crippen LogP contribution < -0.4 is 5.73 Å². The molecule has 1 unspecified atom stereocenters. The number of benzene rings is 1. The van der Waals surface area contributed by atoms with Crippen LogP contribution in [0, 0.1) is 0 Å². The maximum absolute atomic E-state index is 12.4. The number of nitrogens with two attached hydrogens (primary N) is 1. The highest BCUT2D eigenvalue weighted by Crippen LogP contribution is 2.32. The molecule has 0 heterocycles. The Morgan fingerprint density at radius 2 is 1.91 bits per heavy atom. The quantitative estimate of drug-likeness (QED) is 0.798. The van der Waals surface area contributed by atoms with Crippen LogP contribution in [0.1, 0.15) is 38.7 Å². The Labute approximate surface area is 139 Å². The number of hydrogen-bond donors (Lipinski definition) is 2. The Morgan fingerprint density at radius 3 is 2.36 bits per heavy atom. The Bertz CT molecular complexity index is 569. The lowest BCUT2D eigenvalue weighted by molar-refractivity contribution is -0.157. The molecule has 1 aromatic carbocycles. The molecule has 5 nitrogen and oxygen atoms in total. The van der Waals surface area contributed by atoms with Crippen LogP contribution in [0.5, 0.6) is 0 Å². The van der Waals surface area contributed by atoms with E-state index in [9.17, 15) is 9.59 Å². The Hall–Kier alpha value is -1.30. The molecule has 0 bridgehead atoms. The van der Waals surface area contributed by atoms with Gasteiger partial charge < -0.3 is 15.6 Å². The summed E-state index contributed by atoms with van der Waals surface area (Å²) in [4.78, 5) is 23.3. The molecule has 7 heteroatoms. The van der Waals surface area contributed by atoms with Crippen LogP contribution in [0.2, 0.25) is 10.0 Å². The van der Waals surface area contributed by atoms with Crippen molar-refractivity contribution >= 4 is 35.1 Å². The van der Waals surface area contributed by atoms with Crippen molar-refractivity contribution in [2.24, 2.45) is 5.73 Å². The highest BCUT2D eigenvalue weighted by Gasteiger charge is 2.34. The van der Waals surface area contributed by atoms with Crippen molar-refractivity contribution in [3.05, 3.63) is 33.8 Å². The van der Waals surface area contributed by atoms with E-state index in [1.807, 2.05) is 0 Å². The van der Waals surface area contributed by atoms with Crippen molar-refractivity contribution in [3.8, 4) is 0 Å². The number of carboxylic acid groups (broad SMARTS) is 1. The van der Waals surface area contributed by atoms with E-state index in [-0.39, 0.29) is 11.4 Å². The van der Waals surface area contributed by atoms with Crippen molar-refractivity contribution in [1.82, 2.24) is 0 Å². The fourth-order valence-corrected chi connectivity index (χ4v) is 2.50. The van der Waals surface area contributed by atoms with E-state index in [1.54, 1.807) is 32.9 Å². The smallest absolute Gasteiger partial charge is 0.315 e. The molecule has 0 spiro atoms. The molecule has 0 aromatic heterocycles. The maximum atomic E-state index is 12.4. The Kier molecular flexibility index (Phi) is 6.23. The first-order valence-corrected chi connectivity index (χ1v) is 7.42.